The lowest BCUT2D eigenvalue weighted by Gasteiger charge is -2.37. The van der Waals surface area contributed by atoms with Crippen LogP contribution in [-0.4, -0.2) is 0 Å². The summed E-state index contributed by atoms with van der Waals surface area (Å²) in [5.74, 6) is 10.5. The van der Waals surface area contributed by atoms with E-state index >= 15 is 0 Å². The molecule has 2 aliphatic rings. The summed E-state index contributed by atoms with van der Waals surface area (Å²) in [5, 5.41) is 0. The molecule has 0 atom stereocenters. The van der Waals surface area contributed by atoms with Crippen LogP contribution in [-0.2, 0) is 0 Å². The maximum Gasteiger partial charge on any atom is 0.0203 e. The predicted octanol–water partition coefficient (Wildman–Crippen LogP) is 5.98. The Bertz CT molecular complexity index is 327. The van der Waals surface area contributed by atoms with Crippen LogP contribution in [0.5, 0.6) is 0 Å². The van der Waals surface area contributed by atoms with Crippen LogP contribution in [0.3, 0.4) is 0 Å². The van der Waals surface area contributed by atoms with Crippen molar-refractivity contribution in [1.29, 1.82) is 0 Å². The highest BCUT2D eigenvalue weighted by Gasteiger charge is 2.30. The molecule has 2 rings (SSSR count). The lowest BCUT2D eigenvalue weighted by atomic mass is 9.69. The molecule has 2 saturated carbocycles. The fraction of sp³-hybridized carbons (Fsp3) is 0.800. The highest BCUT2D eigenvalue weighted by molar-refractivity contribution is 5.04. The summed E-state index contributed by atoms with van der Waals surface area (Å²) in [7, 11) is 0. The van der Waals surface area contributed by atoms with Gasteiger partial charge >= 0.3 is 0 Å². The minimum atomic E-state index is 0.718. The van der Waals surface area contributed by atoms with Crippen molar-refractivity contribution < 1.29 is 0 Å². The summed E-state index contributed by atoms with van der Waals surface area (Å²) in [6.45, 7) is 6.01. The largest absolute Gasteiger partial charge is 0.103 e. The lowest BCUT2D eigenvalue weighted by molar-refractivity contribution is 0.154. The molecule has 0 heterocycles. The first-order chi connectivity index (χ1) is 9.83. The first-order valence-electron chi connectivity index (χ1n) is 8.92. The van der Waals surface area contributed by atoms with E-state index in [1.807, 2.05) is 0 Å². The zero-order chi connectivity index (χ0) is 14.2. The van der Waals surface area contributed by atoms with Crippen LogP contribution in [0.25, 0.3) is 0 Å². The van der Waals surface area contributed by atoms with E-state index in [9.17, 15) is 0 Å². The van der Waals surface area contributed by atoms with Crippen molar-refractivity contribution in [2.45, 2.75) is 77.6 Å². The van der Waals surface area contributed by atoms with Gasteiger partial charge in [-0.15, -0.1) is 12.5 Å². The minimum Gasteiger partial charge on any atom is -0.103 e. The quantitative estimate of drug-likeness (QED) is 0.436. The molecule has 112 valence electrons. The Morgan fingerprint density at radius 1 is 0.950 bits per heavy atom. The molecule has 0 radical (unpaired) electrons. The average Bonchev–Trinajstić information content (AvgIpc) is 2.52. The van der Waals surface area contributed by atoms with Crippen molar-refractivity contribution >= 4 is 0 Å². The Balaban J connectivity index is 1.69. The van der Waals surface area contributed by atoms with E-state index in [0.29, 0.717) is 0 Å². The molecule has 0 saturated heterocycles. The molecule has 0 unspecified atom stereocenters. The van der Waals surface area contributed by atoms with Gasteiger partial charge in [0.2, 0.25) is 0 Å². The molecule has 0 spiro atoms. The van der Waals surface area contributed by atoms with Gasteiger partial charge < -0.3 is 0 Å². The van der Waals surface area contributed by atoms with Gasteiger partial charge in [0, 0.05) is 12.3 Å². The smallest absolute Gasteiger partial charge is 0.0203 e. The van der Waals surface area contributed by atoms with Crippen LogP contribution in [0.4, 0.5) is 0 Å². The molecule has 0 amide bonds. The summed E-state index contributed by atoms with van der Waals surface area (Å²) in [4.78, 5) is 0. The minimum absolute atomic E-state index is 0.718. The molecular formula is C20H32. The van der Waals surface area contributed by atoms with Gasteiger partial charge in [-0.2, -0.15) is 0 Å². The average molecular weight is 272 g/mol. The Morgan fingerprint density at radius 3 is 2.10 bits per heavy atom. The van der Waals surface area contributed by atoms with Crippen molar-refractivity contribution in [3.63, 3.8) is 0 Å². The molecule has 2 aliphatic carbocycles. The standard InChI is InChI=1S/C20H32/c1-3-5-7-17-9-13-19(14-10-17)20-15-11-18(12-16-20)8-6-4-2/h3,17-20H,1,4-5,7,9-16H2,2H3/t17?,18-,19?,20-. The number of allylic oxidation sites excluding steroid dienone is 1. The molecule has 0 aromatic heterocycles. The van der Waals surface area contributed by atoms with E-state index in [4.69, 9.17) is 0 Å². The van der Waals surface area contributed by atoms with Crippen LogP contribution < -0.4 is 0 Å². The molecule has 2 fully saturated rings. The molecule has 0 N–H and O–H groups in total. The van der Waals surface area contributed by atoms with E-state index in [0.717, 1.165) is 30.1 Å². The van der Waals surface area contributed by atoms with Gasteiger partial charge in [-0.1, -0.05) is 31.8 Å². The Hall–Kier alpha value is -0.700. The van der Waals surface area contributed by atoms with E-state index < -0.39 is 0 Å². The Labute approximate surface area is 126 Å². The van der Waals surface area contributed by atoms with Crippen LogP contribution in [0.2, 0.25) is 0 Å². The van der Waals surface area contributed by atoms with Crippen LogP contribution in [0, 0.1) is 35.5 Å². The fourth-order valence-electron chi connectivity index (χ4n) is 4.28. The maximum atomic E-state index is 3.85. The third kappa shape index (κ3) is 4.69. The van der Waals surface area contributed by atoms with Crippen molar-refractivity contribution in [3.8, 4) is 11.8 Å². The molecule has 0 bridgehead atoms. The fourth-order valence-corrected chi connectivity index (χ4v) is 4.28. The van der Waals surface area contributed by atoms with E-state index in [1.165, 1.54) is 64.2 Å². The van der Waals surface area contributed by atoms with Gasteiger partial charge in [0.05, 0.1) is 0 Å². The van der Waals surface area contributed by atoms with Crippen molar-refractivity contribution in [2.24, 2.45) is 23.7 Å². The predicted molar refractivity (Wildman–Crippen MR) is 88.4 cm³/mol. The third-order valence-electron chi connectivity index (χ3n) is 5.59. The second-order valence-electron chi connectivity index (χ2n) is 6.93. The summed E-state index contributed by atoms with van der Waals surface area (Å²) in [6, 6.07) is 0. The number of hydrogen-bond acceptors (Lipinski definition) is 0. The van der Waals surface area contributed by atoms with Crippen LogP contribution in [0.15, 0.2) is 12.7 Å². The molecule has 20 heavy (non-hydrogen) atoms. The first kappa shape index (κ1) is 15.7. The monoisotopic (exact) mass is 272 g/mol. The second-order valence-corrected chi connectivity index (χ2v) is 6.93. The van der Waals surface area contributed by atoms with Gasteiger partial charge in [0.25, 0.3) is 0 Å². The lowest BCUT2D eigenvalue weighted by Crippen LogP contribution is -2.25. The molecule has 0 aromatic carbocycles. The van der Waals surface area contributed by atoms with Crippen molar-refractivity contribution in [3.05, 3.63) is 12.7 Å². The van der Waals surface area contributed by atoms with Crippen molar-refractivity contribution in [2.75, 3.05) is 0 Å². The maximum absolute atomic E-state index is 3.85. The molecular weight excluding hydrogens is 240 g/mol. The molecule has 0 heteroatoms. The summed E-state index contributed by atoms with van der Waals surface area (Å²) < 4.78 is 0. The number of hydrogen-bond donors (Lipinski definition) is 0. The Kier molecular flexibility index (Phi) is 6.71. The van der Waals surface area contributed by atoms with Gasteiger partial charge in [0.15, 0.2) is 0 Å². The highest BCUT2D eigenvalue weighted by atomic mass is 14.3. The zero-order valence-electron chi connectivity index (χ0n) is 13.4. The van der Waals surface area contributed by atoms with Crippen molar-refractivity contribution in [1.82, 2.24) is 0 Å². The zero-order valence-corrected chi connectivity index (χ0v) is 13.4. The van der Waals surface area contributed by atoms with Crippen LogP contribution in [0.1, 0.15) is 77.6 Å². The third-order valence-corrected chi connectivity index (χ3v) is 5.59. The summed E-state index contributed by atoms with van der Waals surface area (Å²) in [5.41, 5.74) is 0. The van der Waals surface area contributed by atoms with E-state index in [2.05, 4.69) is 31.4 Å². The summed E-state index contributed by atoms with van der Waals surface area (Å²) >= 11 is 0. The van der Waals surface area contributed by atoms with Gasteiger partial charge in [-0.05, 0) is 69.1 Å². The molecule has 0 aliphatic heterocycles. The topological polar surface area (TPSA) is 0 Å². The van der Waals surface area contributed by atoms with Gasteiger partial charge in [-0.3, -0.25) is 0 Å². The molecule has 0 nitrogen and oxygen atoms in total. The SMILES string of the molecule is C=CCCC1CCC([C@H]2CC[C@H](C#CCC)CC2)CC1. The number of rotatable bonds is 4. The normalized spacial score (nSPS) is 34.0. The van der Waals surface area contributed by atoms with E-state index in [-0.39, 0.29) is 0 Å². The van der Waals surface area contributed by atoms with E-state index in [1.54, 1.807) is 0 Å². The first-order valence-corrected chi connectivity index (χ1v) is 8.92. The summed E-state index contributed by atoms with van der Waals surface area (Å²) in [6.07, 6.45) is 17.3. The highest BCUT2D eigenvalue weighted by Crippen LogP contribution is 2.42. The molecule has 0 aromatic rings. The van der Waals surface area contributed by atoms with Gasteiger partial charge in [-0.25, -0.2) is 0 Å². The Morgan fingerprint density at radius 2 is 1.55 bits per heavy atom. The van der Waals surface area contributed by atoms with Crippen LogP contribution >= 0.6 is 0 Å². The second kappa shape index (κ2) is 8.56. The van der Waals surface area contributed by atoms with Gasteiger partial charge in [0.1, 0.15) is 0 Å².